The number of hydrogen-bond acceptors (Lipinski definition) is 4. The third kappa shape index (κ3) is 5.86. The number of halogens is 1. The summed E-state index contributed by atoms with van der Waals surface area (Å²) in [5, 5.41) is 3.51. The second-order valence-electron chi connectivity index (χ2n) is 7.05. The van der Waals surface area contributed by atoms with Gasteiger partial charge in [0.05, 0.1) is 6.61 Å². The van der Waals surface area contributed by atoms with Crippen molar-refractivity contribution in [2.45, 2.75) is 27.4 Å². The highest BCUT2D eigenvalue weighted by Gasteiger charge is 2.13. The number of rotatable bonds is 8. The molecule has 6 heteroatoms. The van der Waals surface area contributed by atoms with Crippen LogP contribution in [0, 0.1) is 6.92 Å². The van der Waals surface area contributed by atoms with Crippen LogP contribution in [0.5, 0.6) is 11.5 Å². The van der Waals surface area contributed by atoms with E-state index in [0.717, 1.165) is 11.1 Å². The fraction of sp³-hybridized carbons (Fsp3) is 0.200. The maximum absolute atomic E-state index is 12.8. The molecule has 0 bridgehead atoms. The lowest BCUT2D eigenvalue weighted by atomic mass is 10.1. The molecule has 3 rings (SSSR count). The van der Waals surface area contributed by atoms with Crippen LogP contribution in [-0.2, 0) is 6.61 Å². The number of anilines is 1. The third-order valence-corrected chi connectivity index (χ3v) is 5.10. The lowest BCUT2D eigenvalue weighted by molar-refractivity contribution is 0.101. The van der Waals surface area contributed by atoms with Gasteiger partial charge in [-0.25, -0.2) is 0 Å². The fourth-order valence-electron chi connectivity index (χ4n) is 3.02. The summed E-state index contributed by atoms with van der Waals surface area (Å²) in [6.07, 6.45) is 0. The van der Waals surface area contributed by atoms with Crippen molar-refractivity contribution in [3.63, 3.8) is 0 Å². The van der Waals surface area contributed by atoms with E-state index in [9.17, 15) is 9.59 Å². The molecule has 31 heavy (non-hydrogen) atoms. The Kier molecular flexibility index (Phi) is 7.32. The number of amides is 1. The topological polar surface area (TPSA) is 64.6 Å². The van der Waals surface area contributed by atoms with Crippen molar-refractivity contribution in [1.82, 2.24) is 0 Å². The van der Waals surface area contributed by atoms with Gasteiger partial charge in [-0.3, -0.25) is 9.59 Å². The van der Waals surface area contributed by atoms with Crippen LogP contribution < -0.4 is 14.8 Å². The van der Waals surface area contributed by atoms with Gasteiger partial charge in [-0.2, -0.15) is 0 Å². The van der Waals surface area contributed by atoms with Crippen molar-refractivity contribution in [3.8, 4) is 11.5 Å². The molecular formula is C25H24ClNO4. The fourth-order valence-corrected chi connectivity index (χ4v) is 3.13. The Bertz CT molecular complexity index is 1110. The monoisotopic (exact) mass is 437 g/mol. The van der Waals surface area contributed by atoms with E-state index in [1.54, 1.807) is 54.6 Å². The molecule has 0 aliphatic carbocycles. The molecule has 0 saturated carbocycles. The largest absolute Gasteiger partial charge is 0.493 e. The maximum atomic E-state index is 12.8. The van der Waals surface area contributed by atoms with Gasteiger partial charge in [0.25, 0.3) is 5.91 Å². The van der Waals surface area contributed by atoms with Crippen LogP contribution in [0.15, 0.2) is 60.7 Å². The highest BCUT2D eigenvalue weighted by molar-refractivity contribution is 6.31. The van der Waals surface area contributed by atoms with Gasteiger partial charge < -0.3 is 14.8 Å². The minimum Gasteiger partial charge on any atom is -0.493 e. The van der Waals surface area contributed by atoms with Gasteiger partial charge in [-0.1, -0.05) is 23.7 Å². The van der Waals surface area contributed by atoms with Crippen LogP contribution in [0.4, 0.5) is 5.69 Å². The zero-order chi connectivity index (χ0) is 22.4. The van der Waals surface area contributed by atoms with E-state index in [2.05, 4.69) is 5.32 Å². The summed E-state index contributed by atoms with van der Waals surface area (Å²) in [4.78, 5) is 24.4. The van der Waals surface area contributed by atoms with Gasteiger partial charge in [0.1, 0.15) is 18.1 Å². The van der Waals surface area contributed by atoms with Crippen LogP contribution in [0.25, 0.3) is 0 Å². The molecule has 0 aliphatic rings. The lowest BCUT2D eigenvalue weighted by Crippen LogP contribution is -2.13. The molecule has 1 N–H and O–H groups in total. The SMILES string of the molecule is CCOc1ccc(C(=O)Nc2cccc(C(C)=O)c2)cc1COc1ccc(Cl)c(C)c1. The van der Waals surface area contributed by atoms with Crippen LogP contribution in [0.3, 0.4) is 0 Å². The molecule has 0 radical (unpaired) electrons. The molecule has 5 nitrogen and oxygen atoms in total. The second kappa shape index (κ2) is 10.1. The molecule has 3 aromatic carbocycles. The number of nitrogens with one attached hydrogen (secondary N) is 1. The summed E-state index contributed by atoms with van der Waals surface area (Å²) in [6.45, 7) is 6.03. The highest BCUT2D eigenvalue weighted by Crippen LogP contribution is 2.26. The molecule has 0 unspecified atom stereocenters. The average molecular weight is 438 g/mol. The quantitative estimate of drug-likeness (QED) is 0.433. The number of benzene rings is 3. The molecule has 3 aromatic rings. The summed E-state index contributed by atoms with van der Waals surface area (Å²) < 4.78 is 11.6. The Hall–Kier alpha value is -3.31. The Morgan fingerprint density at radius 1 is 0.968 bits per heavy atom. The van der Waals surface area contributed by atoms with Crippen molar-refractivity contribution in [3.05, 3.63) is 87.9 Å². The Labute approximate surface area is 187 Å². The maximum Gasteiger partial charge on any atom is 0.255 e. The van der Waals surface area contributed by atoms with Gasteiger partial charge in [0.15, 0.2) is 5.78 Å². The number of hydrogen-bond donors (Lipinski definition) is 1. The first-order chi connectivity index (χ1) is 14.9. The van der Waals surface area contributed by atoms with Gasteiger partial charge in [-0.15, -0.1) is 0 Å². The summed E-state index contributed by atoms with van der Waals surface area (Å²) >= 11 is 6.07. The molecule has 0 spiro atoms. The van der Waals surface area contributed by atoms with Crippen LogP contribution >= 0.6 is 11.6 Å². The minimum atomic E-state index is -0.285. The molecule has 0 atom stereocenters. The van der Waals surface area contributed by atoms with E-state index >= 15 is 0 Å². The van der Waals surface area contributed by atoms with E-state index in [1.807, 2.05) is 19.9 Å². The lowest BCUT2D eigenvalue weighted by Gasteiger charge is -2.14. The first-order valence-electron chi connectivity index (χ1n) is 9.94. The summed E-state index contributed by atoms with van der Waals surface area (Å²) in [5.41, 5.74) is 3.23. The van der Waals surface area contributed by atoms with Crippen LogP contribution in [0.1, 0.15) is 45.7 Å². The number of carbonyl (C=O) groups is 2. The zero-order valence-electron chi connectivity index (χ0n) is 17.7. The predicted octanol–water partition coefficient (Wildman–Crippen LogP) is 6.08. The second-order valence-corrected chi connectivity index (χ2v) is 7.45. The molecular weight excluding hydrogens is 414 g/mol. The Morgan fingerprint density at radius 3 is 2.48 bits per heavy atom. The third-order valence-electron chi connectivity index (χ3n) is 4.67. The molecule has 0 aromatic heterocycles. The van der Waals surface area contributed by atoms with E-state index in [-0.39, 0.29) is 18.3 Å². The van der Waals surface area contributed by atoms with Gasteiger partial charge in [0.2, 0.25) is 0 Å². The predicted molar refractivity (Wildman–Crippen MR) is 123 cm³/mol. The molecule has 0 heterocycles. The normalized spacial score (nSPS) is 10.5. The molecule has 1 amide bonds. The molecule has 0 fully saturated rings. The summed E-state index contributed by atoms with van der Waals surface area (Å²) in [5.74, 6) is 0.991. The number of aryl methyl sites for hydroxylation is 1. The molecule has 160 valence electrons. The standard InChI is InChI=1S/C25H24ClNO4/c1-4-30-24-11-8-19(25(29)27-21-7-5-6-18(14-21)17(3)28)13-20(24)15-31-22-9-10-23(26)16(2)12-22/h5-14H,4,15H2,1-3H3,(H,27,29). The van der Waals surface area contributed by atoms with E-state index in [1.165, 1.54) is 6.92 Å². The first kappa shape index (κ1) is 22.4. The first-order valence-corrected chi connectivity index (χ1v) is 10.3. The van der Waals surface area contributed by atoms with E-state index in [4.69, 9.17) is 21.1 Å². The highest BCUT2D eigenvalue weighted by atomic mass is 35.5. The molecule has 0 aliphatic heterocycles. The number of ether oxygens (including phenoxy) is 2. The van der Waals surface area contributed by atoms with Crippen molar-refractivity contribution < 1.29 is 19.1 Å². The smallest absolute Gasteiger partial charge is 0.255 e. The number of ketones is 1. The van der Waals surface area contributed by atoms with E-state index < -0.39 is 0 Å². The van der Waals surface area contributed by atoms with Crippen LogP contribution in [-0.4, -0.2) is 18.3 Å². The minimum absolute atomic E-state index is 0.0611. The van der Waals surface area contributed by atoms with Crippen molar-refractivity contribution in [2.75, 3.05) is 11.9 Å². The van der Waals surface area contributed by atoms with Crippen molar-refractivity contribution in [2.24, 2.45) is 0 Å². The number of carbonyl (C=O) groups excluding carboxylic acids is 2. The Balaban J connectivity index is 1.79. The van der Waals surface area contributed by atoms with Gasteiger partial charge in [-0.05, 0) is 74.9 Å². The van der Waals surface area contributed by atoms with E-state index in [0.29, 0.717) is 39.9 Å². The average Bonchev–Trinajstić information content (AvgIpc) is 2.75. The van der Waals surface area contributed by atoms with Crippen molar-refractivity contribution in [1.29, 1.82) is 0 Å². The van der Waals surface area contributed by atoms with Gasteiger partial charge in [0, 0.05) is 27.4 Å². The Morgan fingerprint density at radius 2 is 1.77 bits per heavy atom. The van der Waals surface area contributed by atoms with Crippen molar-refractivity contribution >= 4 is 29.0 Å². The zero-order valence-corrected chi connectivity index (χ0v) is 18.5. The molecule has 0 saturated heterocycles. The van der Waals surface area contributed by atoms with Gasteiger partial charge >= 0.3 is 0 Å². The summed E-state index contributed by atoms with van der Waals surface area (Å²) in [7, 11) is 0. The van der Waals surface area contributed by atoms with Crippen LogP contribution in [0.2, 0.25) is 5.02 Å². The summed E-state index contributed by atoms with van der Waals surface area (Å²) in [6, 6.07) is 17.5. The number of Topliss-reactive ketones (excluding diaryl/α,β-unsaturated/α-hetero) is 1.